The quantitative estimate of drug-likeness (QED) is 0.294. The average molecular weight is 621 g/mol. The Balaban J connectivity index is 1.26. The summed E-state index contributed by atoms with van der Waals surface area (Å²) in [6, 6.07) is 14.3. The SMILES string of the molecule is CC(C)c1cc(C(C)(C)C)cc(C(C)C)c1N1C2=C(CCC=C2)NC1C1=C=CCC2=C1Oc1cc3c4c(ccc3cc1C2)CCC=C4. The summed E-state index contributed by atoms with van der Waals surface area (Å²) < 4.78 is 7.05. The standard InChI is InChI=1S/C44H48N2O/c1-26(2)35-23-32(44(5,6)7)24-36(27(3)4)41(35)46-39-18-11-10-17-38(39)45-43(46)34-16-12-14-30-22-31-21-29-20-19-28-13-8-9-15-33(28)37(29)25-40(31)47-42(30)34/h9,11-12,15,18-21,23-27,43,45H,8,10,13-14,17,22H2,1-7H3. The number of allylic oxidation sites excluding steroid dienone is 5. The molecular weight excluding hydrogens is 572 g/mol. The topological polar surface area (TPSA) is 24.5 Å². The first-order chi connectivity index (χ1) is 22.6. The van der Waals surface area contributed by atoms with Crippen molar-refractivity contribution in [2.45, 2.75) is 110 Å². The zero-order chi connectivity index (χ0) is 32.6. The highest BCUT2D eigenvalue weighted by Gasteiger charge is 2.41. The van der Waals surface area contributed by atoms with Crippen LogP contribution < -0.4 is 15.0 Å². The maximum Gasteiger partial charge on any atom is 0.142 e. The maximum absolute atomic E-state index is 7.05. The lowest BCUT2D eigenvalue weighted by Gasteiger charge is -2.37. The summed E-state index contributed by atoms with van der Waals surface area (Å²) in [5.74, 6) is 2.75. The van der Waals surface area contributed by atoms with Crippen LogP contribution in [0.1, 0.15) is 119 Å². The van der Waals surface area contributed by atoms with Gasteiger partial charge >= 0.3 is 0 Å². The Morgan fingerprint density at radius 2 is 1.64 bits per heavy atom. The predicted octanol–water partition coefficient (Wildman–Crippen LogP) is 11.0. The molecule has 0 fully saturated rings. The van der Waals surface area contributed by atoms with Gasteiger partial charge in [-0.3, -0.25) is 0 Å². The van der Waals surface area contributed by atoms with Crippen molar-refractivity contribution in [1.29, 1.82) is 0 Å². The fraction of sp³-hybridized carbons (Fsp3) is 0.386. The summed E-state index contributed by atoms with van der Waals surface area (Å²) in [5.41, 5.74) is 18.6. The maximum atomic E-state index is 7.05. The molecule has 47 heavy (non-hydrogen) atoms. The molecule has 1 N–H and O–H groups in total. The number of anilines is 1. The molecule has 3 aromatic carbocycles. The van der Waals surface area contributed by atoms with Crippen LogP contribution in [0.2, 0.25) is 0 Å². The number of hydrogen-bond acceptors (Lipinski definition) is 3. The van der Waals surface area contributed by atoms with Crippen LogP contribution in [-0.4, -0.2) is 6.17 Å². The summed E-state index contributed by atoms with van der Waals surface area (Å²) in [5, 5.41) is 6.62. The number of rotatable bonds is 4. The number of ether oxygens (including phenoxy) is 1. The molecule has 0 saturated heterocycles. The van der Waals surface area contributed by atoms with Crippen molar-refractivity contribution in [1.82, 2.24) is 5.32 Å². The fourth-order valence-electron chi connectivity index (χ4n) is 8.13. The number of benzene rings is 3. The van der Waals surface area contributed by atoms with E-state index in [0.717, 1.165) is 55.6 Å². The Hall–Kier alpha value is -4.20. The Morgan fingerprint density at radius 3 is 2.38 bits per heavy atom. The molecule has 2 aliphatic heterocycles. The minimum Gasteiger partial charge on any atom is -0.456 e. The number of fused-ring (bicyclic) bond motifs is 4. The molecule has 0 amide bonds. The van der Waals surface area contributed by atoms with Crippen molar-refractivity contribution in [3.63, 3.8) is 0 Å². The van der Waals surface area contributed by atoms with Gasteiger partial charge in [-0.25, -0.2) is 0 Å². The van der Waals surface area contributed by atoms with Crippen LogP contribution in [0, 0.1) is 0 Å². The molecule has 0 bridgehead atoms. The third-order valence-corrected chi connectivity index (χ3v) is 10.8. The first kappa shape index (κ1) is 30.2. The Kier molecular flexibility index (Phi) is 7.19. The highest BCUT2D eigenvalue weighted by molar-refractivity contribution is 5.94. The third kappa shape index (κ3) is 5.02. The van der Waals surface area contributed by atoms with Gasteiger partial charge in [0.15, 0.2) is 0 Å². The second-order valence-corrected chi connectivity index (χ2v) is 15.7. The minimum absolute atomic E-state index is 0.0700. The van der Waals surface area contributed by atoms with Crippen molar-refractivity contribution in [2.75, 3.05) is 4.90 Å². The molecule has 0 radical (unpaired) electrons. The normalized spacial score (nSPS) is 20.0. The van der Waals surface area contributed by atoms with Crippen molar-refractivity contribution in [3.8, 4) is 5.75 Å². The molecule has 5 aliphatic rings. The molecule has 1 unspecified atom stereocenters. The smallest absolute Gasteiger partial charge is 0.142 e. The number of hydrogen-bond donors (Lipinski definition) is 1. The van der Waals surface area contributed by atoms with E-state index in [1.54, 1.807) is 0 Å². The number of nitrogens with zero attached hydrogens (tertiary/aromatic N) is 1. The van der Waals surface area contributed by atoms with Crippen molar-refractivity contribution in [2.24, 2.45) is 0 Å². The summed E-state index contributed by atoms with van der Waals surface area (Å²) in [6.07, 6.45) is 17.5. The highest BCUT2D eigenvalue weighted by Crippen LogP contribution is 2.48. The predicted molar refractivity (Wildman–Crippen MR) is 197 cm³/mol. The lowest BCUT2D eigenvalue weighted by atomic mass is 9.80. The molecule has 240 valence electrons. The van der Waals surface area contributed by atoms with Gasteiger partial charge in [-0.05, 0) is 123 Å². The van der Waals surface area contributed by atoms with Crippen LogP contribution in [0.15, 0.2) is 94.7 Å². The van der Waals surface area contributed by atoms with Crippen LogP contribution in [0.25, 0.3) is 16.8 Å². The zero-order valence-electron chi connectivity index (χ0n) is 29.2. The lowest BCUT2D eigenvalue weighted by molar-refractivity contribution is 0.398. The van der Waals surface area contributed by atoms with Crippen LogP contribution >= 0.6 is 0 Å². The molecule has 3 nitrogen and oxygen atoms in total. The number of nitrogens with one attached hydrogen (secondary N) is 1. The van der Waals surface area contributed by atoms with Crippen LogP contribution in [0.5, 0.6) is 5.75 Å². The van der Waals surface area contributed by atoms with Crippen LogP contribution in [0.4, 0.5) is 5.69 Å². The minimum atomic E-state index is -0.0995. The molecule has 1 atom stereocenters. The van der Waals surface area contributed by atoms with Crippen molar-refractivity contribution in [3.05, 3.63) is 128 Å². The summed E-state index contributed by atoms with van der Waals surface area (Å²) in [6.45, 7) is 16.4. The zero-order valence-corrected chi connectivity index (χ0v) is 29.2. The van der Waals surface area contributed by atoms with Gasteiger partial charge in [0.1, 0.15) is 17.7 Å². The molecule has 0 aromatic heterocycles. The first-order valence-corrected chi connectivity index (χ1v) is 17.8. The van der Waals surface area contributed by atoms with E-state index in [4.69, 9.17) is 4.74 Å². The largest absolute Gasteiger partial charge is 0.456 e. The van der Waals surface area contributed by atoms with Gasteiger partial charge in [-0.1, -0.05) is 91.0 Å². The first-order valence-electron chi connectivity index (χ1n) is 17.8. The molecule has 0 spiro atoms. The van der Waals surface area contributed by atoms with Gasteiger partial charge in [0, 0.05) is 12.1 Å². The highest BCUT2D eigenvalue weighted by atomic mass is 16.5. The Labute approximate surface area is 281 Å². The van der Waals surface area contributed by atoms with Crippen molar-refractivity contribution >= 4 is 22.5 Å². The summed E-state index contributed by atoms with van der Waals surface area (Å²) in [4.78, 5) is 2.61. The van der Waals surface area contributed by atoms with E-state index in [2.05, 4.69) is 131 Å². The van der Waals surface area contributed by atoms with Gasteiger partial charge in [-0.15, -0.1) is 5.73 Å². The monoisotopic (exact) mass is 620 g/mol. The van der Waals surface area contributed by atoms with E-state index in [9.17, 15) is 0 Å². The van der Waals surface area contributed by atoms with E-state index in [1.807, 2.05) is 0 Å². The van der Waals surface area contributed by atoms with E-state index in [-0.39, 0.29) is 11.6 Å². The Bertz CT molecular complexity index is 1990. The summed E-state index contributed by atoms with van der Waals surface area (Å²) >= 11 is 0. The molecule has 3 heteroatoms. The summed E-state index contributed by atoms with van der Waals surface area (Å²) in [7, 11) is 0. The Morgan fingerprint density at radius 1 is 0.894 bits per heavy atom. The van der Waals surface area contributed by atoms with Gasteiger partial charge in [-0.2, -0.15) is 0 Å². The van der Waals surface area contributed by atoms with E-state index < -0.39 is 0 Å². The number of aryl methyl sites for hydroxylation is 1. The molecule has 3 aliphatic carbocycles. The molecular formula is C44H48N2O. The van der Waals surface area contributed by atoms with Gasteiger partial charge < -0.3 is 15.0 Å². The second-order valence-electron chi connectivity index (χ2n) is 15.7. The second kappa shape index (κ2) is 11.2. The molecule has 8 rings (SSSR count). The van der Waals surface area contributed by atoms with Crippen LogP contribution in [0.3, 0.4) is 0 Å². The molecule has 2 heterocycles. The fourth-order valence-corrected chi connectivity index (χ4v) is 8.13. The lowest BCUT2D eigenvalue weighted by Crippen LogP contribution is -2.42. The van der Waals surface area contributed by atoms with Crippen LogP contribution in [-0.2, 0) is 18.3 Å². The van der Waals surface area contributed by atoms with E-state index in [1.165, 1.54) is 66.8 Å². The van der Waals surface area contributed by atoms with Gasteiger partial charge in [0.2, 0.25) is 0 Å². The average Bonchev–Trinajstić information content (AvgIpc) is 3.44. The van der Waals surface area contributed by atoms with E-state index in [0.29, 0.717) is 11.8 Å². The molecule has 0 saturated carbocycles. The van der Waals surface area contributed by atoms with Gasteiger partial charge in [0.05, 0.1) is 17.0 Å². The van der Waals surface area contributed by atoms with Crippen molar-refractivity contribution < 1.29 is 4.74 Å². The third-order valence-electron chi connectivity index (χ3n) is 10.8. The van der Waals surface area contributed by atoms with Gasteiger partial charge in [0.25, 0.3) is 0 Å². The van der Waals surface area contributed by atoms with E-state index >= 15 is 0 Å². The molecule has 3 aromatic rings.